The fourth-order valence-electron chi connectivity index (χ4n) is 3.73. The summed E-state index contributed by atoms with van der Waals surface area (Å²) in [5.74, 6) is -0.0566. The maximum Gasteiger partial charge on any atom is 0.325 e. The van der Waals surface area contributed by atoms with Gasteiger partial charge in [-0.15, -0.1) is 0 Å². The molecule has 0 aliphatic carbocycles. The van der Waals surface area contributed by atoms with Gasteiger partial charge in [0, 0.05) is 15.6 Å². The number of benzene rings is 3. The standard InChI is InChI=1S/C27H21BrCl2N2O5S/c1-35-23-13-16(11-20(28)25(23)37-15-17-5-3-4-6-21(17)30)12-22-26(34)32(19-9-7-18(29)8-10-19)27(38)31(22)14-24(33)36-2/h3-13H,14-15H2,1-2H3/b22-12-. The summed E-state index contributed by atoms with van der Waals surface area (Å²) < 4.78 is 17.0. The molecule has 0 atom stereocenters. The van der Waals surface area contributed by atoms with Crippen molar-refractivity contribution in [3.05, 3.63) is 92.0 Å². The second-order valence-electron chi connectivity index (χ2n) is 8.01. The molecule has 7 nitrogen and oxygen atoms in total. The minimum Gasteiger partial charge on any atom is -0.493 e. The molecule has 1 aliphatic rings. The Hall–Kier alpha value is -3.11. The summed E-state index contributed by atoms with van der Waals surface area (Å²) in [7, 11) is 2.79. The van der Waals surface area contributed by atoms with Crippen molar-refractivity contribution in [2.24, 2.45) is 0 Å². The van der Waals surface area contributed by atoms with Crippen molar-refractivity contribution >= 4 is 80.1 Å². The number of thiocarbonyl (C=S) groups is 1. The van der Waals surface area contributed by atoms with E-state index in [0.717, 1.165) is 5.56 Å². The summed E-state index contributed by atoms with van der Waals surface area (Å²) >= 11 is 21.4. The third-order valence-corrected chi connectivity index (χ3v) is 7.23. The second-order valence-corrected chi connectivity index (χ2v) is 10.1. The van der Waals surface area contributed by atoms with Crippen LogP contribution in [0.2, 0.25) is 10.0 Å². The summed E-state index contributed by atoms with van der Waals surface area (Å²) in [6.07, 6.45) is 1.62. The first-order chi connectivity index (χ1) is 18.2. The van der Waals surface area contributed by atoms with Crippen LogP contribution in [0.15, 0.2) is 70.8 Å². The van der Waals surface area contributed by atoms with Gasteiger partial charge in [0.1, 0.15) is 18.8 Å². The number of halogens is 3. The average molecular weight is 636 g/mol. The molecule has 0 bridgehead atoms. The summed E-state index contributed by atoms with van der Waals surface area (Å²) in [5.41, 5.74) is 2.14. The number of esters is 1. The highest BCUT2D eigenvalue weighted by Gasteiger charge is 2.40. The van der Waals surface area contributed by atoms with Crippen LogP contribution in [0.1, 0.15) is 11.1 Å². The van der Waals surface area contributed by atoms with Crippen molar-refractivity contribution < 1.29 is 23.8 Å². The monoisotopic (exact) mass is 634 g/mol. The predicted molar refractivity (Wildman–Crippen MR) is 155 cm³/mol. The lowest BCUT2D eigenvalue weighted by molar-refractivity contribution is -0.140. The summed E-state index contributed by atoms with van der Waals surface area (Å²) in [5, 5.41) is 1.25. The van der Waals surface area contributed by atoms with Crippen LogP contribution in [-0.2, 0) is 20.9 Å². The topological polar surface area (TPSA) is 68.3 Å². The van der Waals surface area contributed by atoms with E-state index < -0.39 is 11.9 Å². The highest BCUT2D eigenvalue weighted by Crippen LogP contribution is 2.39. The van der Waals surface area contributed by atoms with Crippen molar-refractivity contribution in [1.29, 1.82) is 0 Å². The van der Waals surface area contributed by atoms with Gasteiger partial charge in [-0.3, -0.25) is 14.5 Å². The van der Waals surface area contributed by atoms with Crippen molar-refractivity contribution in [2.45, 2.75) is 6.61 Å². The molecule has 1 heterocycles. The maximum absolute atomic E-state index is 13.5. The fourth-order valence-corrected chi connectivity index (χ4v) is 4.97. The largest absolute Gasteiger partial charge is 0.493 e. The van der Waals surface area contributed by atoms with Crippen LogP contribution in [0.5, 0.6) is 11.5 Å². The molecule has 3 aromatic carbocycles. The molecule has 0 spiro atoms. The van der Waals surface area contributed by atoms with Crippen molar-refractivity contribution in [3.8, 4) is 11.5 Å². The van der Waals surface area contributed by atoms with Crippen LogP contribution in [0.4, 0.5) is 5.69 Å². The van der Waals surface area contributed by atoms with E-state index in [1.807, 2.05) is 18.2 Å². The van der Waals surface area contributed by atoms with Gasteiger partial charge in [-0.05, 0) is 82.3 Å². The van der Waals surface area contributed by atoms with Gasteiger partial charge in [0.15, 0.2) is 16.6 Å². The third kappa shape index (κ3) is 5.96. The normalized spacial score (nSPS) is 14.3. The summed E-state index contributed by atoms with van der Waals surface area (Å²) in [6, 6.07) is 17.5. The molecule has 0 unspecified atom stereocenters. The number of ether oxygens (including phenoxy) is 3. The number of methoxy groups -OCH3 is 2. The van der Waals surface area contributed by atoms with Crippen LogP contribution in [-0.4, -0.2) is 42.7 Å². The molecule has 0 saturated carbocycles. The van der Waals surface area contributed by atoms with Gasteiger partial charge in [-0.2, -0.15) is 0 Å². The second kappa shape index (κ2) is 12.2. The Labute approximate surface area is 243 Å². The van der Waals surface area contributed by atoms with E-state index in [2.05, 4.69) is 15.9 Å². The molecule has 196 valence electrons. The van der Waals surface area contributed by atoms with Gasteiger partial charge in [-0.1, -0.05) is 41.4 Å². The van der Waals surface area contributed by atoms with Gasteiger partial charge in [-0.25, -0.2) is 0 Å². The van der Waals surface area contributed by atoms with E-state index in [9.17, 15) is 9.59 Å². The predicted octanol–water partition coefficient (Wildman–Crippen LogP) is 6.49. The van der Waals surface area contributed by atoms with Gasteiger partial charge in [0.25, 0.3) is 5.91 Å². The highest BCUT2D eigenvalue weighted by atomic mass is 79.9. The van der Waals surface area contributed by atoms with Crippen molar-refractivity contribution in [1.82, 2.24) is 4.90 Å². The fraction of sp³-hybridized carbons (Fsp3) is 0.148. The number of nitrogens with zero attached hydrogens (tertiary/aromatic N) is 2. The van der Waals surface area contributed by atoms with Gasteiger partial charge < -0.3 is 19.1 Å². The molecule has 1 saturated heterocycles. The van der Waals surface area contributed by atoms with Crippen LogP contribution >= 0.6 is 51.3 Å². The molecular weight excluding hydrogens is 615 g/mol. The van der Waals surface area contributed by atoms with Gasteiger partial charge in [0.05, 0.1) is 24.4 Å². The van der Waals surface area contributed by atoms with E-state index in [4.69, 9.17) is 49.6 Å². The van der Waals surface area contributed by atoms with E-state index in [1.165, 1.54) is 24.0 Å². The molecule has 0 aromatic heterocycles. The van der Waals surface area contributed by atoms with E-state index >= 15 is 0 Å². The number of hydrogen-bond acceptors (Lipinski definition) is 6. The molecule has 1 fully saturated rings. The zero-order valence-corrected chi connectivity index (χ0v) is 24.2. The Morgan fingerprint density at radius 3 is 2.45 bits per heavy atom. The first-order valence-corrected chi connectivity index (χ1v) is 13.1. The molecule has 3 aromatic rings. The molecule has 0 radical (unpaired) electrons. The quantitative estimate of drug-likeness (QED) is 0.159. The smallest absolute Gasteiger partial charge is 0.325 e. The Morgan fingerprint density at radius 2 is 1.79 bits per heavy atom. The molecule has 4 rings (SSSR count). The molecule has 38 heavy (non-hydrogen) atoms. The number of carbonyl (C=O) groups excluding carboxylic acids is 2. The maximum atomic E-state index is 13.5. The Morgan fingerprint density at radius 1 is 1.08 bits per heavy atom. The summed E-state index contributed by atoms with van der Waals surface area (Å²) in [4.78, 5) is 28.5. The van der Waals surface area contributed by atoms with E-state index in [1.54, 1.807) is 48.5 Å². The van der Waals surface area contributed by atoms with Crippen molar-refractivity contribution in [3.63, 3.8) is 0 Å². The molecule has 1 amide bonds. The minimum atomic E-state index is -0.550. The lowest BCUT2D eigenvalue weighted by Crippen LogP contribution is -2.35. The first-order valence-electron chi connectivity index (χ1n) is 11.2. The Bertz CT molecular complexity index is 1430. The van der Waals surface area contributed by atoms with E-state index in [0.29, 0.717) is 37.3 Å². The van der Waals surface area contributed by atoms with Crippen LogP contribution < -0.4 is 14.4 Å². The number of amides is 1. The average Bonchev–Trinajstić information content (AvgIpc) is 3.13. The van der Waals surface area contributed by atoms with E-state index in [-0.39, 0.29) is 24.0 Å². The van der Waals surface area contributed by atoms with Crippen molar-refractivity contribution in [2.75, 3.05) is 25.7 Å². The van der Waals surface area contributed by atoms with Crippen LogP contribution in [0.25, 0.3) is 6.08 Å². The first kappa shape index (κ1) is 27.9. The summed E-state index contributed by atoms with van der Waals surface area (Å²) in [6.45, 7) is -0.0148. The lowest BCUT2D eigenvalue weighted by atomic mass is 10.1. The highest BCUT2D eigenvalue weighted by molar-refractivity contribution is 9.10. The van der Waals surface area contributed by atoms with Crippen LogP contribution in [0.3, 0.4) is 0 Å². The number of carbonyl (C=O) groups is 2. The lowest BCUT2D eigenvalue weighted by Gasteiger charge is -2.19. The third-order valence-electron chi connectivity index (χ3n) is 5.62. The molecule has 11 heteroatoms. The number of hydrogen-bond donors (Lipinski definition) is 0. The molecule has 1 aliphatic heterocycles. The number of anilines is 1. The molecular formula is C27H21BrCl2N2O5S. The van der Waals surface area contributed by atoms with Crippen LogP contribution in [0, 0.1) is 0 Å². The Kier molecular flexibility index (Phi) is 8.94. The molecule has 0 N–H and O–H groups in total. The number of rotatable bonds is 8. The SMILES string of the molecule is COC(=O)CN1C(=S)N(c2ccc(Cl)cc2)C(=O)/C1=C/c1cc(Br)c(OCc2ccccc2Cl)c(OC)c1. The van der Waals surface area contributed by atoms with Gasteiger partial charge >= 0.3 is 5.97 Å². The zero-order chi connectivity index (χ0) is 27.4. The Balaban J connectivity index is 1.70. The zero-order valence-electron chi connectivity index (χ0n) is 20.2. The minimum absolute atomic E-state index is 0.139. The van der Waals surface area contributed by atoms with Gasteiger partial charge in [0.2, 0.25) is 0 Å².